The second-order valence-electron chi connectivity index (χ2n) is 2.29. The van der Waals surface area contributed by atoms with Crippen LogP contribution in [0.2, 0.25) is 0 Å². The highest BCUT2D eigenvalue weighted by molar-refractivity contribution is 9.10. The van der Waals surface area contributed by atoms with E-state index in [0.717, 1.165) is 5.57 Å². The zero-order chi connectivity index (χ0) is 8.15. The van der Waals surface area contributed by atoms with Crippen molar-refractivity contribution >= 4 is 21.8 Å². The lowest BCUT2D eigenvalue weighted by molar-refractivity contribution is -0.120. The fourth-order valence-corrected chi connectivity index (χ4v) is 0.541. The van der Waals surface area contributed by atoms with Crippen LogP contribution in [0.3, 0.4) is 0 Å². The van der Waals surface area contributed by atoms with Crippen LogP contribution < -0.4 is 5.32 Å². The fraction of sp³-hybridized carbons (Fsp3) is 0.571. The standard InChI is InChI=1S/C7H12BrNO/c1-5(2)4-9-7(10)6(3)8/h6H,1,4H2,2-3H3,(H,9,10). The molecule has 3 heteroatoms. The van der Waals surface area contributed by atoms with Crippen molar-refractivity contribution in [1.82, 2.24) is 5.32 Å². The quantitative estimate of drug-likeness (QED) is 0.549. The van der Waals surface area contributed by atoms with Gasteiger partial charge in [0.1, 0.15) is 0 Å². The van der Waals surface area contributed by atoms with Crippen LogP contribution in [0.1, 0.15) is 13.8 Å². The molecule has 10 heavy (non-hydrogen) atoms. The van der Waals surface area contributed by atoms with E-state index in [9.17, 15) is 4.79 Å². The van der Waals surface area contributed by atoms with Gasteiger partial charge >= 0.3 is 0 Å². The average Bonchev–Trinajstić information content (AvgIpc) is 1.82. The van der Waals surface area contributed by atoms with E-state index in [2.05, 4.69) is 27.8 Å². The van der Waals surface area contributed by atoms with Gasteiger partial charge in [-0.05, 0) is 13.8 Å². The maximum absolute atomic E-state index is 10.8. The van der Waals surface area contributed by atoms with Gasteiger partial charge in [-0.3, -0.25) is 4.79 Å². The molecule has 1 N–H and O–H groups in total. The Kier molecular flexibility index (Phi) is 4.36. The Morgan fingerprint density at radius 2 is 2.30 bits per heavy atom. The number of hydrogen-bond donors (Lipinski definition) is 1. The van der Waals surface area contributed by atoms with Crippen molar-refractivity contribution in [2.75, 3.05) is 6.54 Å². The summed E-state index contributed by atoms with van der Waals surface area (Å²) in [6, 6.07) is 0. The summed E-state index contributed by atoms with van der Waals surface area (Å²) < 4.78 is 0. The van der Waals surface area contributed by atoms with Crippen LogP contribution >= 0.6 is 15.9 Å². The van der Waals surface area contributed by atoms with Crippen molar-refractivity contribution in [3.63, 3.8) is 0 Å². The Hall–Kier alpha value is -0.310. The van der Waals surface area contributed by atoms with E-state index < -0.39 is 0 Å². The molecule has 0 aliphatic heterocycles. The molecule has 0 bridgehead atoms. The first-order valence-electron chi connectivity index (χ1n) is 3.10. The topological polar surface area (TPSA) is 29.1 Å². The molecule has 0 fully saturated rings. The Labute approximate surface area is 69.8 Å². The first-order chi connectivity index (χ1) is 4.54. The molecule has 0 heterocycles. The second-order valence-corrected chi connectivity index (χ2v) is 3.66. The lowest BCUT2D eigenvalue weighted by atomic mass is 10.3. The van der Waals surface area contributed by atoms with E-state index in [4.69, 9.17) is 0 Å². The van der Waals surface area contributed by atoms with Gasteiger partial charge < -0.3 is 5.32 Å². The van der Waals surface area contributed by atoms with Gasteiger partial charge in [-0.1, -0.05) is 28.1 Å². The number of nitrogens with one attached hydrogen (secondary N) is 1. The summed E-state index contributed by atoms with van der Waals surface area (Å²) in [5.74, 6) is 0.00278. The molecular weight excluding hydrogens is 194 g/mol. The van der Waals surface area contributed by atoms with Gasteiger partial charge in [0.2, 0.25) is 5.91 Å². The highest BCUT2D eigenvalue weighted by Crippen LogP contribution is 1.96. The molecule has 0 saturated heterocycles. The summed E-state index contributed by atoms with van der Waals surface area (Å²) in [6.45, 7) is 7.88. The molecule has 0 saturated carbocycles. The monoisotopic (exact) mass is 205 g/mol. The zero-order valence-corrected chi connectivity index (χ0v) is 7.86. The number of alkyl halides is 1. The third-order valence-corrected chi connectivity index (χ3v) is 1.34. The SMILES string of the molecule is C=C(C)CNC(=O)C(C)Br. The van der Waals surface area contributed by atoms with Crippen LogP contribution in [0.25, 0.3) is 0 Å². The van der Waals surface area contributed by atoms with E-state index in [1.807, 2.05) is 6.92 Å². The number of carbonyl (C=O) groups is 1. The maximum atomic E-state index is 10.8. The molecule has 0 aromatic rings. The lowest BCUT2D eigenvalue weighted by Crippen LogP contribution is -2.30. The number of hydrogen-bond acceptors (Lipinski definition) is 1. The molecule has 0 spiro atoms. The molecular formula is C7H12BrNO. The van der Waals surface area contributed by atoms with Crippen LogP contribution in [0.4, 0.5) is 0 Å². The Morgan fingerprint density at radius 1 is 1.80 bits per heavy atom. The molecule has 0 rings (SSSR count). The van der Waals surface area contributed by atoms with Gasteiger partial charge in [0, 0.05) is 6.54 Å². The van der Waals surface area contributed by atoms with Gasteiger partial charge in [0.25, 0.3) is 0 Å². The van der Waals surface area contributed by atoms with Gasteiger partial charge in [-0.15, -0.1) is 0 Å². The minimum atomic E-state index is -0.119. The Morgan fingerprint density at radius 3 is 2.60 bits per heavy atom. The van der Waals surface area contributed by atoms with E-state index in [1.165, 1.54) is 0 Å². The Balaban J connectivity index is 3.50. The van der Waals surface area contributed by atoms with Crippen molar-refractivity contribution in [2.24, 2.45) is 0 Å². The molecule has 1 amide bonds. The normalized spacial score (nSPS) is 12.3. The van der Waals surface area contributed by atoms with Gasteiger partial charge in [-0.25, -0.2) is 0 Å². The van der Waals surface area contributed by atoms with Crippen molar-refractivity contribution in [2.45, 2.75) is 18.7 Å². The largest absolute Gasteiger partial charge is 0.351 e. The molecule has 0 aromatic heterocycles. The smallest absolute Gasteiger partial charge is 0.233 e. The highest BCUT2D eigenvalue weighted by Gasteiger charge is 2.05. The predicted molar refractivity (Wildman–Crippen MR) is 46.2 cm³/mol. The zero-order valence-electron chi connectivity index (χ0n) is 6.28. The molecule has 1 unspecified atom stereocenters. The third-order valence-electron chi connectivity index (χ3n) is 0.926. The van der Waals surface area contributed by atoms with Crippen LogP contribution in [0.15, 0.2) is 12.2 Å². The first-order valence-corrected chi connectivity index (χ1v) is 4.01. The summed E-state index contributed by atoms with van der Waals surface area (Å²) in [4.78, 5) is 10.7. The van der Waals surface area contributed by atoms with Crippen molar-refractivity contribution in [1.29, 1.82) is 0 Å². The second kappa shape index (κ2) is 4.50. The molecule has 0 aromatic carbocycles. The van der Waals surface area contributed by atoms with Crippen LogP contribution in [-0.4, -0.2) is 17.3 Å². The number of amides is 1. The van der Waals surface area contributed by atoms with Crippen molar-refractivity contribution < 1.29 is 4.79 Å². The van der Waals surface area contributed by atoms with E-state index in [1.54, 1.807) is 6.92 Å². The molecule has 58 valence electrons. The molecule has 0 radical (unpaired) electrons. The van der Waals surface area contributed by atoms with E-state index in [0.29, 0.717) is 6.54 Å². The number of carbonyl (C=O) groups excluding carboxylic acids is 1. The molecule has 1 atom stereocenters. The third kappa shape index (κ3) is 4.56. The predicted octanol–water partition coefficient (Wildman–Crippen LogP) is 1.46. The summed E-state index contributed by atoms with van der Waals surface area (Å²) in [6.07, 6.45) is 0. The molecule has 2 nitrogen and oxygen atoms in total. The Bertz CT molecular complexity index is 143. The van der Waals surface area contributed by atoms with Gasteiger partial charge in [0.15, 0.2) is 0 Å². The van der Waals surface area contributed by atoms with E-state index >= 15 is 0 Å². The van der Waals surface area contributed by atoms with Crippen molar-refractivity contribution in [3.05, 3.63) is 12.2 Å². The van der Waals surface area contributed by atoms with Crippen LogP contribution in [-0.2, 0) is 4.79 Å². The molecule has 0 aliphatic carbocycles. The van der Waals surface area contributed by atoms with E-state index in [-0.39, 0.29) is 10.7 Å². The summed E-state index contributed by atoms with van der Waals surface area (Å²) in [5.41, 5.74) is 0.960. The highest BCUT2D eigenvalue weighted by atomic mass is 79.9. The van der Waals surface area contributed by atoms with Gasteiger partial charge in [-0.2, -0.15) is 0 Å². The number of halogens is 1. The first kappa shape index (κ1) is 9.69. The average molecular weight is 206 g/mol. The lowest BCUT2D eigenvalue weighted by Gasteiger charge is -2.04. The van der Waals surface area contributed by atoms with Crippen LogP contribution in [0, 0.1) is 0 Å². The fourth-order valence-electron chi connectivity index (χ4n) is 0.379. The summed E-state index contributed by atoms with van der Waals surface area (Å²) in [5, 5.41) is 2.70. The maximum Gasteiger partial charge on any atom is 0.233 e. The van der Waals surface area contributed by atoms with Gasteiger partial charge in [0.05, 0.1) is 4.83 Å². The molecule has 0 aliphatic rings. The number of rotatable bonds is 3. The van der Waals surface area contributed by atoms with Crippen molar-refractivity contribution in [3.8, 4) is 0 Å². The minimum absolute atomic E-state index is 0.00278. The minimum Gasteiger partial charge on any atom is -0.351 e. The summed E-state index contributed by atoms with van der Waals surface area (Å²) >= 11 is 3.15. The van der Waals surface area contributed by atoms with Crippen LogP contribution in [0.5, 0.6) is 0 Å². The summed E-state index contributed by atoms with van der Waals surface area (Å²) in [7, 11) is 0.